The molecule has 1 heterocycles. The van der Waals surface area contributed by atoms with E-state index in [2.05, 4.69) is 10.6 Å². The molecule has 8 nitrogen and oxygen atoms in total. The highest BCUT2D eigenvalue weighted by Crippen LogP contribution is 2.36. The van der Waals surface area contributed by atoms with Gasteiger partial charge in [-0.15, -0.1) is 0 Å². The lowest BCUT2D eigenvalue weighted by Crippen LogP contribution is -2.51. The van der Waals surface area contributed by atoms with Crippen LogP contribution in [0.5, 0.6) is 0 Å². The minimum atomic E-state index is -0.960. The summed E-state index contributed by atoms with van der Waals surface area (Å²) in [7, 11) is 1.28. The van der Waals surface area contributed by atoms with Crippen molar-refractivity contribution in [2.45, 2.75) is 51.5 Å². The Hall–Kier alpha value is -2.90. The fourth-order valence-corrected chi connectivity index (χ4v) is 4.15. The average Bonchev–Trinajstić information content (AvgIpc) is 2.93. The van der Waals surface area contributed by atoms with Crippen molar-refractivity contribution in [3.8, 4) is 0 Å². The lowest BCUT2D eigenvalue weighted by atomic mass is 9.75. The Morgan fingerprint density at radius 2 is 1.93 bits per heavy atom. The van der Waals surface area contributed by atoms with Crippen molar-refractivity contribution in [3.05, 3.63) is 29.3 Å². The predicted octanol–water partition coefficient (Wildman–Crippen LogP) is 2.61. The topological polar surface area (TPSA) is 105 Å². The smallest absolute Gasteiger partial charge is 0.337 e. The minimum absolute atomic E-state index is 0.0831. The SMILES string of the molecule is COC(=O)c1ccc(C)c(NC(=O)CN2C(=O)N[C@](C)(C3CCCCC3)C2=O)c1. The normalized spacial score (nSPS) is 22.4. The number of hydrogen-bond donors (Lipinski definition) is 2. The summed E-state index contributed by atoms with van der Waals surface area (Å²) in [6.45, 7) is 3.16. The van der Waals surface area contributed by atoms with Crippen LogP contribution in [0.3, 0.4) is 0 Å². The third-order valence-corrected chi connectivity index (χ3v) is 5.96. The number of amides is 4. The molecule has 1 saturated carbocycles. The van der Waals surface area contributed by atoms with Gasteiger partial charge in [0.15, 0.2) is 0 Å². The first-order chi connectivity index (χ1) is 13.8. The second-order valence-electron chi connectivity index (χ2n) is 7.93. The summed E-state index contributed by atoms with van der Waals surface area (Å²) in [6, 6.07) is 4.26. The Bertz CT molecular complexity index is 847. The van der Waals surface area contributed by atoms with Crippen molar-refractivity contribution in [2.75, 3.05) is 19.0 Å². The summed E-state index contributed by atoms with van der Waals surface area (Å²) in [5.74, 6) is -1.30. The molecule has 2 N–H and O–H groups in total. The second kappa shape index (κ2) is 8.23. The zero-order valence-corrected chi connectivity index (χ0v) is 17.0. The van der Waals surface area contributed by atoms with Crippen molar-refractivity contribution in [3.63, 3.8) is 0 Å². The van der Waals surface area contributed by atoms with Gasteiger partial charge in [0.1, 0.15) is 12.1 Å². The summed E-state index contributed by atoms with van der Waals surface area (Å²) in [4.78, 5) is 50.6. The van der Waals surface area contributed by atoms with E-state index in [1.807, 2.05) is 0 Å². The van der Waals surface area contributed by atoms with Crippen molar-refractivity contribution >= 4 is 29.5 Å². The largest absolute Gasteiger partial charge is 0.465 e. The number of rotatable bonds is 5. The molecule has 1 aromatic rings. The van der Waals surface area contributed by atoms with Gasteiger partial charge in [0.2, 0.25) is 5.91 Å². The van der Waals surface area contributed by atoms with Crippen LogP contribution in [-0.4, -0.2) is 47.9 Å². The Balaban J connectivity index is 1.70. The quantitative estimate of drug-likeness (QED) is 0.583. The summed E-state index contributed by atoms with van der Waals surface area (Å²) >= 11 is 0. The van der Waals surface area contributed by atoms with Crippen LogP contribution in [0.4, 0.5) is 10.5 Å². The highest BCUT2D eigenvalue weighted by Gasteiger charge is 2.52. The van der Waals surface area contributed by atoms with Gasteiger partial charge in [-0.2, -0.15) is 0 Å². The lowest BCUT2D eigenvalue weighted by Gasteiger charge is -2.34. The molecule has 1 aliphatic carbocycles. The molecule has 2 fully saturated rings. The number of nitrogens with zero attached hydrogens (tertiary/aromatic N) is 1. The van der Waals surface area contributed by atoms with E-state index in [1.54, 1.807) is 26.0 Å². The summed E-state index contributed by atoms with van der Waals surface area (Å²) in [5.41, 5.74) is 0.516. The van der Waals surface area contributed by atoms with Gasteiger partial charge in [-0.3, -0.25) is 14.5 Å². The van der Waals surface area contributed by atoms with Crippen LogP contribution in [0.1, 0.15) is 54.9 Å². The van der Waals surface area contributed by atoms with Gasteiger partial charge in [0.25, 0.3) is 5.91 Å². The number of carbonyl (C=O) groups excluding carboxylic acids is 4. The maximum atomic E-state index is 13.0. The summed E-state index contributed by atoms with van der Waals surface area (Å²) < 4.78 is 4.69. The van der Waals surface area contributed by atoms with Crippen LogP contribution in [0.25, 0.3) is 0 Å². The van der Waals surface area contributed by atoms with Gasteiger partial charge in [0, 0.05) is 5.69 Å². The Morgan fingerprint density at radius 3 is 2.59 bits per heavy atom. The maximum absolute atomic E-state index is 13.0. The molecule has 0 radical (unpaired) electrons. The number of methoxy groups -OCH3 is 1. The molecule has 1 atom stereocenters. The lowest BCUT2D eigenvalue weighted by molar-refractivity contribution is -0.135. The van der Waals surface area contributed by atoms with Crippen LogP contribution in [0, 0.1) is 12.8 Å². The van der Waals surface area contributed by atoms with Gasteiger partial charge in [-0.05, 0) is 50.3 Å². The van der Waals surface area contributed by atoms with Crippen molar-refractivity contribution in [1.29, 1.82) is 0 Å². The number of ether oxygens (including phenoxy) is 1. The number of hydrogen-bond acceptors (Lipinski definition) is 5. The Morgan fingerprint density at radius 1 is 1.24 bits per heavy atom. The molecule has 4 amide bonds. The molecule has 0 spiro atoms. The first-order valence-electron chi connectivity index (χ1n) is 9.89. The molecular weight excluding hydrogens is 374 g/mol. The van der Waals surface area contributed by atoms with E-state index in [-0.39, 0.29) is 18.4 Å². The van der Waals surface area contributed by atoms with Crippen molar-refractivity contribution in [2.24, 2.45) is 5.92 Å². The standard InChI is InChI=1S/C21H27N3O5/c1-13-9-10-14(18(26)29-3)11-16(13)22-17(25)12-24-19(27)21(2,23-20(24)28)15-7-5-4-6-8-15/h9-11,15H,4-8,12H2,1-3H3,(H,22,25)(H,23,28)/t21-/m1/s1. The average molecular weight is 401 g/mol. The molecule has 8 heteroatoms. The van der Waals surface area contributed by atoms with Crippen LogP contribution in [0.2, 0.25) is 0 Å². The van der Waals surface area contributed by atoms with E-state index in [0.29, 0.717) is 11.3 Å². The van der Waals surface area contributed by atoms with E-state index in [1.165, 1.54) is 13.2 Å². The molecule has 156 valence electrons. The molecule has 1 aliphatic heterocycles. The fraction of sp³-hybridized carbons (Fsp3) is 0.524. The number of anilines is 1. The van der Waals surface area contributed by atoms with Crippen LogP contribution in [0.15, 0.2) is 18.2 Å². The monoisotopic (exact) mass is 401 g/mol. The highest BCUT2D eigenvalue weighted by molar-refractivity contribution is 6.10. The molecular formula is C21H27N3O5. The molecule has 2 aliphatic rings. The number of esters is 1. The molecule has 0 unspecified atom stereocenters. The number of carbonyl (C=O) groups is 4. The van der Waals surface area contributed by atoms with Gasteiger partial charge in [0.05, 0.1) is 12.7 Å². The zero-order valence-electron chi connectivity index (χ0n) is 17.0. The third-order valence-electron chi connectivity index (χ3n) is 5.96. The minimum Gasteiger partial charge on any atom is -0.465 e. The number of benzene rings is 1. The van der Waals surface area contributed by atoms with E-state index >= 15 is 0 Å². The molecule has 1 saturated heterocycles. The van der Waals surface area contributed by atoms with Crippen LogP contribution in [-0.2, 0) is 14.3 Å². The summed E-state index contributed by atoms with van der Waals surface area (Å²) in [6.07, 6.45) is 5.01. The zero-order chi connectivity index (χ0) is 21.2. The highest BCUT2D eigenvalue weighted by atomic mass is 16.5. The van der Waals surface area contributed by atoms with E-state index < -0.39 is 23.4 Å². The van der Waals surface area contributed by atoms with Crippen LogP contribution < -0.4 is 10.6 Å². The first-order valence-corrected chi connectivity index (χ1v) is 9.89. The number of aryl methyl sites for hydroxylation is 1. The van der Waals surface area contributed by atoms with Gasteiger partial charge in [-0.25, -0.2) is 9.59 Å². The number of imide groups is 1. The Labute approximate surface area is 170 Å². The second-order valence-corrected chi connectivity index (χ2v) is 7.93. The number of urea groups is 1. The van der Waals surface area contributed by atoms with E-state index in [9.17, 15) is 19.2 Å². The third kappa shape index (κ3) is 4.11. The molecule has 0 bridgehead atoms. The maximum Gasteiger partial charge on any atom is 0.337 e. The van der Waals surface area contributed by atoms with Crippen LogP contribution >= 0.6 is 0 Å². The summed E-state index contributed by atoms with van der Waals surface area (Å²) in [5, 5.41) is 5.49. The fourth-order valence-electron chi connectivity index (χ4n) is 4.15. The van der Waals surface area contributed by atoms with Gasteiger partial charge >= 0.3 is 12.0 Å². The van der Waals surface area contributed by atoms with E-state index in [4.69, 9.17) is 4.74 Å². The predicted molar refractivity (Wildman–Crippen MR) is 106 cm³/mol. The molecule has 0 aromatic heterocycles. The molecule has 1 aromatic carbocycles. The molecule has 29 heavy (non-hydrogen) atoms. The van der Waals surface area contributed by atoms with Gasteiger partial charge < -0.3 is 15.4 Å². The number of nitrogens with one attached hydrogen (secondary N) is 2. The van der Waals surface area contributed by atoms with E-state index in [0.717, 1.165) is 42.6 Å². The van der Waals surface area contributed by atoms with Crippen molar-refractivity contribution < 1.29 is 23.9 Å². The van der Waals surface area contributed by atoms with Crippen molar-refractivity contribution in [1.82, 2.24) is 10.2 Å². The molecule has 3 rings (SSSR count). The van der Waals surface area contributed by atoms with Gasteiger partial charge in [-0.1, -0.05) is 25.3 Å². The Kier molecular flexibility index (Phi) is 5.91. The first kappa shape index (κ1) is 20.8.